The maximum Gasteiger partial charge on any atom is 0.226 e. The summed E-state index contributed by atoms with van der Waals surface area (Å²) in [7, 11) is 0. The van der Waals surface area contributed by atoms with Gasteiger partial charge in [-0.15, -0.1) is 0 Å². The van der Waals surface area contributed by atoms with Crippen LogP contribution in [-0.4, -0.2) is 11.9 Å². The average Bonchev–Trinajstić information content (AvgIpc) is 2.79. The third kappa shape index (κ3) is 0.578. The van der Waals surface area contributed by atoms with Crippen molar-refractivity contribution in [2.24, 2.45) is 29.6 Å². The molecule has 2 fully saturated rings. The Bertz CT molecular complexity index is 337. The Morgan fingerprint density at radius 3 is 2.38 bits per heavy atom. The van der Waals surface area contributed by atoms with E-state index in [2.05, 4.69) is 29.6 Å². The lowest BCUT2D eigenvalue weighted by atomic mass is 9.78. The molecule has 0 radical (unpaired) electrons. The molecule has 5 aliphatic rings. The van der Waals surface area contributed by atoms with Gasteiger partial charge in [0.05, 0.1) is 5.92 Å². The molecule has 5 rings (SSSR count). The van der Waals surface area contributed by atoms with Crippen LogP contribution >= 0.6 is 0 Å². The van der Waals surface area contributed by atoms with Crippen LogP contribution in [-0.2, 0) is 4.79 Å². The topological polar surface area (TPSA) is 29.1 Å². The van der Waals surface area contributed by atoms with E-state index in [0.29, 0.717) is 12.0 Å². The van der Waals surface area contributed by atoms with E-state index in [4.69, 9.17) is 0 Å². The van der Waals surface area contributed by atoms with Gasteiger partial charge in [0.25, 0.3) is 0 Å². The molecule has 66 valence electrons. The molecule has 2 heteroatoms. The van der Waals surface area contributed by atoms with Gasteiger partial charge < -0.3 is 5.32 Å². The van der Waals surface area contributed by atoms with E-state index in [0.717, 1.165) is 17.8 Å². The van der Waals surface area contributed by atoms with Crippen LogP contribution in [0.25, 0.3) is 0 Å². The van der Waals surface area contributed by atoms with Crippen LogP contribution in [0.3, 0.4) is 0 Å². The third-order valence-electron chi connectivity index (χ3n) is 4.13. The Balaban J connectivity index is 1.87. The molecule has 2 nitrogen and oxygen atoms in total. The first-order chi connectivity index (χ1) is 6.36. The number of hydrogen-bond acceptors (Lipinski definition) is 1. The fraction of sp³-hybridized carbons (Fsp3) is 0.545. The van der Waals surface area contributed by atoms with E-state index in [9.17, 15) is 4.79 Å². The maximum absolute atomic E-state index is 11.4. The standard InChI is InChI=1S/C11H11NO/c13-11-8-5-1-3-6-7(4-2-5)9(6)10(8)12-11/h1-10H,(H,12,13). The van der Waals surface area contributed by atoms with Crippen LogP contribution in [0.15, 0.2) is 24.3 Å². The monoisotopic (exact) mass is 173 g/mol. The summed E-state index contributed by atoms with van der Waals surface area (Å²) in [4.78, 5) is 11.4. The molecule has 0 spiro atoms. The molecular formula is C11H11NO. The summed E-state index contributed by atoms with van der Waals surface area (Å²) in [5.74, 6) is 3.10. The second-order valence-corrected chi connectivity index (χ2v) is 4.64. The number of nitrogens with one attached hydrogen (secondary N) is 1. The predicted molar refractivity (Wildman–Crippen MR) is 47.7 cm³/mol. The molecule has 1 amide bonds. The van der Waals surface area contributed by atoms with Crippen LogP contribution in [0.1, 0.15) is 0 Å². The minimum atomic E-state index is 0.259. The molecule has 1 aliphatic heterocycles. The van der Waals surface area contributed by atoms with Crippen molar-refractivity contribution >= 4 is 5.91 Å². The van der Waals surface area contributed by atoms with E-state index >= 15 is 0 Å². The van der Waals surface area contributed by atoms with Gasteiger partial charge in [-0.05, 0) is 17.8 Å². The average molecular weight is 173 g/mol. The van der Waals surface area contributed by atoms with Crippen molar-refractivity contribution in [2.75, 3.05) is 0 Å². The minimum Gasteiger partial charge on any atom is -0.352 e. The number of hydrogen-bond donors (Lipinski definition) is 1. The van der Waals surface area contributed by atoms with Crippen molar-refractivity contribution < 1.29 is 4.79 Å². The van der Waals surface area contributed by atoms with Gasteiger partial charge in [0.2, 0.25) is 5.91 Å². The molecule has 4 aliphatic carbocycles. The van der Waals surface area contributed by atoms with Crippen LogP contribution in [0.5, 0.6) is 0 Å². The summed E-state index contributed by atoms with van der Waals surface area (Å²) in [5.41, 5.74) is 0. The molecule has 1 saturated carbocycles. The second-order valence-electron chi connectivity index (χ2n) is 4.64. The van der Waals surface area contributed by atoms with Crippen molar-refractivity contribution in [1.29, 1.82) is 0 Å². The Labute approximate surface area is 76.7 Å². The predicted octanol–water partition coefficient (Wildman–Crippen LogP) is 0.719. The highest BCUT2D eigenvalue weighted by Gasteiger charge is 2.62. The lowest BCUT2D eigenvalue weighted by molar-refractivity contribution is -0.136. The van der Waals surface area contributed by atoms with Gasteiger partial charge >= 0.3 is 0 Å². The van der Waals surface area contributed by atoms with Gasteiger partial charge in [-0.2, -0.15) is 0 Å². The van der Waals surface area contributed by atoms with Crippen molar-refractivity contribution in [3.8, 4) is 0 Å². The number of rotatable bonds is 0. The molecule has 4 atom stereocenters. The SMILES string of the molecule is O=C1NC2C1C1C=CC3C(C=C1)C32. The quantitative estimate of drug-likeness (QED) is 0.424. The van der Waals surface area contributed by atoms with Crippen LogP contribution in [0, 0.1) is 29.6 Å². The van der Waals surface area contributed by atoms with Crippen molar-refractivity contribution in [1.82, 2.24) is 5.32 Å². The molecule has 1 heterocycles. The fourth-order valence-corrected chi connectivity index (χ4v) is 3.36. The molecule has 0 aromatic heterocycles. The highest BCUT2D eigenvalue weighted by molar-refractivity contribution is 5.87. The highest BCUT2D eigenvalue weighted by Crippen LogP contribution is 2.58. The maximum atomic E-state index is 11.4. The Kier molecular flexibility index (Phi) is 0.859. The molecule has 13 heavy (non-hydrogen) atoms. The first-order valence-corrected chi connectivity index (χ1v) is 5.03. The fourth-order valence-electron chi connectivity index (χ4n) is 3.36. The largest absolute Gasteiger partial charge is 0.352 e. The highest BCUT2D eigenvalue weighted by atomic mass is 16.2. The first kappa shape index (κ1) is 6.41. The van der Waals surface area contributed by atoms with Gasteiger partial charge in [-0.3, -0.25) is 4.79 Å². The molecular weight excluding hydrogens is 162 g/mol. The van der Waals surface area contributed by atoms with E-state index in [1.165, 1.54) is 0 Å². The molecule has 4 unspecified atom stereocenters. The summed E-state index contributed by atoms with van der Waals surface area (Å²) < 4.78 is 0. The summed E-state index contributed by atoms with van der Waals surface area (Å²) >= 11 is 0. The summed E-state index contributed by atoms with van der Waals surface area (Å²) in [6.45, 7) is 0. The number of carbonyl (C=O) groups excluding carboxylic acids is 1. The van der Waals surface area contributed by atoms with Gasteiger partial charge in [-0.25, -0.2) is 0 Å². The van der Waals surface area contributed by atoms with Gasteiger partial charge in [0, 0.05) is 12.0 Å². The lowest BCUT2D eigenvalue weighted by Crippen LogP contribution is -2.61. The molecule has 0 aromatic rings. The molecule has 1 saturated heterocycles. The lowest BCUT2D eigenvalue weighted by Gasteiger charge is -2.39. The zero-order valence-electron chi connectivity index (χ0n) is 7.18. The number of carbonyl (C=O) groups is 1. The van der Waals surface area contributed by atoms with E-state index in [1.54, 1.807) is 0 Å². The van der Waals surface area contributed by atoms with Gasteiger partial charge in [0.15, 0.2) is 0 Å². The van der Waals surface area contributed by atoms with Crippen molar-refractivity contribution in [2.45, 2.75) is 6.04 Å². The van der Waals surface area contributed by atoms with Crippen LogP contribution in [0.2, 0.25) is 0 Å². The van der Waals surface area contributed by atoms with Crippen molar-refractivity contribution in [3.05, 3.63) is 24.3 Å². The molecule has 1 N–H and O–H groups in total. The summed E-state index contributed by atoms with van der Waals surface area (Å²) in [5, 5.41) is 3.06. The normalized spacial score (nSPS) is 58.9. The van der Waals surface area contributed by atoms with E-state index in [1.807, 2.05) is 0 Å². The van der Waals surface area contributed by atoms with Crippen LogP contribution in [0.4, 0.5) is 0 Å². The summed E-state index contributed by atoms with van der Waals surface area (Å²) in [6.07, 6.45) is 9.13. The Morgan fingerprint density at radius 1 is 1.08 bits per heavy atom. The first-order valence-electron chi connectivity index (χ1n) is 5.03. The van der Waals surface area contributed by atoms with Crippen LogP contribution < -0.4 is 5.32 Å². The number of β-lactam (4-membered cyclic amide) rings is 1. The van der Waals surface area contributed by atoms with Gasteiger partial charge in [0.1, 0.15) is 0 Å². The minimum absolute atomic E-state index is 0.259. The Hall–Kier alpha value is -1.05. The summed E-state index contributed by atoms with van der Waals surface area (Å²) in [6, 6.07) is 0.484. The number of amides is 1. The number of allylic oxidation sites excluding steroid dienone is 4. The van der Waals surface area contributed by atoms with Crippen molar-refractivity contribution in [3.63, 3.8) is 0 Å². The second kappa shape index (κ2) is 1.74. The zero-order valence-corrected chi connectivity index (χ0v) is 7.18. The molecule has 0 aromatic carbocycles. The van der Waals surface area contributed by atoms with Gasteiger partial charge in [-0.1, -0.05) is 24.3 Å². The molecule has 4 bridgehead atoms. The Morgan fingerprint density at radius 2 is 1.77 bits per heavy atom. The smallest absolute Gasteiger partial charge is 0.226 e. The zero-order chi connectivity index (χ0) is 8.58. The third-order valence-corrected chi connectivity index (χ3v) is 4.13. The van der Waals surface area contributed by atoms with E-state index < -0.39 is 0 Å². The van der Waals surface area contributed by atoms with E-state index in [-0.39, 0.29) is 11.8 Å².